The first-order valence-electron chi connectivity index (χ1n) is 20.5. The summed E-state index contributed by atoms with van der Waals surface area (Å²) in [6.07, 6.45) is 53.9. The fourth-order valence-corrected chi connectivity index (χ4v) is 5.40. The summed E-state index contributed by atoms with van der Waals surface area (Å²) in [4.78, 5) is 24.3. The van der Waals surface area contributed by atoms with Crippen LogP contribution in [-0.2, 0) is 19.1 Å². The number of rotatable bonds is 36. The molecule has 0 aliphatic heterocycles. The minimum absolute atomic E-state index is 0.0814. The predicted molar refractivity (Wildman–Crippen MR) is 214 cm³/mol. The topological polar surface area (TPSA) is 72.8 Å². The first-order valence-corrected chi connectivity index (χ1v) is 20.5. The molecule has 0 fully saturated rings. The third-order valence-corrected chi connectivity index (χ3v) is 8.48. The first kappa shape index (κ1) is 47.3. The molecule has 0 aliphatic rings. The molecule has 1 N–H and O–H groups in total. The van der Waals surface area contributed by atoms with Crippen LogP contribution in [0.5, 0.6) is 0 Å². The molecule has 0 aliphatic carbocycles. The van der Waals surface area contributed by atoms with Gasteiger partial charge in [0, 0.05) is 12.8 Å². The van der Waals surface area contributed by atoms with E-state index in [2.05, 4.69) is 86.8 Å². The van der Waals surface area contributed by atoms with Crippen LogP contribution in [0.4, 0.5) is 0 Å². The Kier molecular flexibility index (Phi) is 38.6. The van der Waals surface area contributed by atoms with Crippen molar-refractivity contribution in [2.45, 2.75) is 187 Å². The van der Waals surface area contributed by atoms with E-state index in [0.29, 0.717) is 12.8 Å². The predicted octanol–water partition coefficient (Wildman–Crippen LogP) is 13.0. The highest BCUT2D eigenvalue weighted by molar-refractivity contribution is 5.70. The summed E-state index contributed by atoms with van der Waals surface area (Å²) < 4.78 is 10.6. The van der Waals surface area contributed by atoms with Crippen molar-refractivity contribution in [1.29, 1.82) is 0 Å². The van der Waals surface area contributed by atoms with Gasteiger partial charge >= 0.3 is 11.9 Å². The molecular formula is C45H76O5. The van der Waals surface area contributed by atoms with Crippen LogP contribution in [0.2, 0.25) is 0 Å². The van der Waals surface area contributed by atoms with Crippen molar-refractivity contribution in [2.24, 2.45) is 0 Å². The van der Waals surface area contributed by atoms with Crippen LogP contribution < -0.4 is 0 Å². The number of allylic oxidation sites excluding steroid dienone is 12. The van der Waals surface area contributed by atoms with Gasteiger partial charge in [-0.3, -0.25) is 9.59 Å². The highest BCUT2D eigenvalue weighted by Gasteiger charge is 2.16. The van der Waals surface area contributed by atoms with Gasteiger partial charge in [-0.25, -0.2) is 0 Å². The zero-order valence-electron chi connectivity index (χ0n) is 32.4. The molecule has 0 aromatic rings. The van der Waals surface area contributed by atoms with Crippen molar-refractivity contribution in [3.63, 3.8) is 0 Å². The minimum Gasteiger partial charge on any atom is -0.462 e. The number of aliphatic hydroxyl groups excluding tert-OH is 1. The summed E-state index contributed by atoms with van der Waals surface area (Å²) in [6, 6.07) is 0. The zero-order valence-corrected chi connectivity index (χ0v) is 32.4. The van der Waals surface area contributed by atoms with Gasteiger partial charge in [0.1, 0.15) is 6.61 Å². The van der Waals surface area contributed by atoms with Gasteiger partial charge in [-0.05, 0) is 83.5 Å². The second-order valence-electron chi connectivity index (χ2n) is 13.3. The largest absolute Gasteiger partial charge is 0.462 e. The molecule has 0 saturated carbocycles. The van der Waals surface area contributed by atoms with E-state index in [0.717, 1.165) is 83.5 Å². The van der Waals surface area contributed by atoms with Crippen LogP contribution in [0, 0.1) is 0 Å². The highest BCUT2D eigenvalue weighted by atomic mass is 16.6. The molecule has 0 heterocycles. The molecule has 50 heavy (non-hydrogen) atoms. The van der Waals surface area contributed by atoms with Crippen LogP contribution in [-0.4, -0.2) is 36.4 Å². The summed E-state index contributed by atoms with van der Waals surface area (Å²) in [5.41, 5.74) is 0. The van der Waals surface area contributed by atoms with Gasteiger partial charge in [0.25, 0.3) is 0 Å². The first-order chi connectivity index (χ1) is 24.6. The third-order valence-electron chi connectivity index (χ3n) is 8.48. The van der Waals surface area contributed by atoms with Crippen molar-refractivity contribution in [3.05, 3.63) is 72.9 Å². The average Bonchev–Trinajstić information content (AvgIpc) is 3.12. The zero-order chi connectivity index (χ0) is 36.4. The number of carbonyl (C=O) groups is 2. The van der Waals surface area contributed by atoms with Crippen molar-refractivity contribution in [1.82, 2.24) is 0 Å². The van der Waals surface area contributed by atoms with E-state index in [4.69, 9.17) is 9.47 Å². The summed E-state index contributed by atoms with van der Waals surface area (Å²) in [7, 11) is 0. The van der Waals surface area contributed by atoms with Crippen LogP contribution in [0.1, 0.15) is 181 Å². The summed E-state index contributed by atoms with van der Waals surface area (Å²) in [6.45, 7) is 3.97. The van der Waals surface area contributed by atoms with Crippen molar-refractivity contribution < 1.29 is 24.2 Å². The molecular weight excluding hydrogens is 620 g/mol. The monoisotopic (exact) mass is 697 g/mol. The van der Waals surface area contributed by atoms with Crippen LogP contribution >= 0.6 is 0 Å². The Labute approximate surface area is 308 Å². The second-order valence-corrected chi connectivity index (χ2v) is 13.3. The lowest BCUT2D eigenvalue weighted by atomic mass is 10.1. The standard InChI is InChI=1S/C45H76O5/c1-3-5-7-9-11-13-15-17-19-21-22-24-25-27-29-31-33-35-37-39-44(47)49-42-43(41-46)50-45(48)40-38-36-34-32-30-28-26-23-20-18-16-14-12-10-8-6-4-2/h6,8,11-14,17-20,26,28,43,46H,3-5,7,9-10,15-16,21-25,27,29-42H2,1-2H3/t43-/m0/s1. The van der Waals surface area contributed by atoms with Gasteiger partial charge in [0.2, 0.25) is 0 Å². The van der Waals surface area contributed by atoms with E-state index in [-0.39, 0.29) is 25.2 Å². The molecule has 0 amide bonds. The molecule has 5 heteroatoms. The van der Waals surface area contributed by atoms with Gasteiger partial charge in [-0.15, -0.1) is 0 Å². The SMILES string of the molecule is CCC=CCC=CCC=CCC=CCCCCCCC(=O)O[C@@H](CO)COC(=O)CCCCCCCCCCCC=CCC=CCCCCC. The van der Waals surface area contributed by atoms with Crippen molar-refractivity contribution in [2.75, 3.05) is 13.2 Å². The van der Waals surface area contributed by atoms with Gasteiger partial charge < -0.3 is 14.6 Å². The quantitative estimate of drug-likeness (QED) is 0.0401. The number of unbranched alkanes of at least 4 members (excludes halogenated alkanes) is 16. The molecule has 0 rings (SSSR count). The van der Waals surface area contributed by atoms with Gasteiger partial charge in [0.05, 0.1) is 6.61 Å². The molecule has 1 atom stereocenters. The number of esters is 2. The summed E-state index contributed by atoms with van der Waals surface area (Å²) >= 11 is 0. The number of aliphatic hydroxyl groups is 1. The third kappa shape index (κ3) is 38.1. The number of hydrogen-bond acceptors (Lipinski definition) is 5. The Morgan fingerprint density at radius 2 is 0.860 bits per heavy atom. The lowest BCUT2D eigenvalue weighted by molar-refractivity contribution is -0.161. The molecule has 286 valence electrons. The average molecular weight is 697 g/mol. The number of carbonyl (C=O) groups excluding carboxylic acids is 2. The number of hydrogen-bond donors (Lipinski definition) is 1. The molecule has 0 saturated heterocycles. The Morgan fingerprint density at radius 1 is 0.480 bits per heavy atom. The molecule has 0 spiro atoms. The maximum absolute atomic E-state index is 12.2. The summed E-state index contributed by atoms with van der Waals surface area (Å²) in [5.74, 6) is -0.628. The van der Waals surface area contributed by atoms with Crippen LogP contribution in [0.3, 0.4) is 0 Å². The van der Waals surface area contributed by atoms with E-state index in [1.807, 2.05) is 0 Å². The lowest BCUT2D eigenvalue weighted by Crippen LogP contribution is -2.28. The van der Waals surface area contributed by atoms with E-state index in [1.165, 1.54) is 70.6 Å². The Morgan fingerprint density at radius 3 is 1.30 bits per heavy atom. The van der Waals surface area contributed by atoms with Crippen LogP contribution in [0.25, 0.3) is 0 Å². The van der Waals surface area contributed by atoms with E-state index in [1.54, 1.807) is 0 Å². The molecule has 5 nitrogen and oxygen atoms in total. The van der Waals surface area contributed by atoms with Gasteiger partial charge in [-0.1, -0.05) is 157 Å². The number of ether oxygens (including phenoxy) is 2. The fraction of sp³-hybridized carbons (Fsp3) is 0.689. The Hall–Kier alpha value is -2.66. The minimum atomic E-state index is -0.789. The van der Waals surface area contributed by atoms with E-state index >= 15 is 0 Å². The molecule has 0 radical (unpaired) electrons. The maximum atomic E-state index is 12.2. The smallest absolute Gasteiger partial charge is 0.306 e. The second kappa shape index (κ2) is 40.8. The molecule has 0 unspecified atom stereocenters. The van der Waals surface area contributed by atoms with Crippen LogP contribution in [0.15, 0.2) is 72.9 Å². The van der Waals surface area contributed by atoms with E-state index in [9.17, 15) is 14.7 Å². The molecule has 0 aromatic heterocycles. The molecule has 0 aromatic carbocycles. The normalized spacial score (nSPS) is 12.9. The lowest BCUT2D eigenvalue weighted by Gasteiger charge is -2.15. The van der Waals surface area contributed by atoms with Crippen molar-refractivity contribution in [3.8, 4) is 0 Å². The molecule has 0 bridgehead atoms. The fourth-order valence-electron chi connectivity index (χ4n) is 5.40. The van der Waals surface area contributed by atoms with E-state index < -0.39 is 6.10 Å². The van der Waals surface area contributed by atoms with Crippen molar-refractivity contribution >= 4 is 11.9 Å². The van der Waals surface area contributed by atoms with Gasteiger partial charge in [0.15, 0.2) is 6.10 Å². The van der Waals surface area contributed by atoms with Gasteiger partial charge in [-0.2, -0.15) is 0 Å². The Balaban J connectivity index is 3.61. The summed E-state index contributed by atoms with van der Waals surface area (Å²) in [5, 5.41) is 9.56. The maximum Gasteiger partial charge on any atom is 0.306 e. The highest BCUT2D eigenvalue weighted by Crippen LogP contribution is 2.13. The Bertz CT molecular complexity index is 926.